The zero-order valence-electron chi connectivity index (χ0n) is 16.3. The van der Waals surface area contributed by atoms with Gasteiger partial charge in [0.2, 0.25) is 0 Å². The first kappa shape index (κ1) is 19.7. The molecule has 150 valence electrons. The monoisotopic (exact) mass is 407 g/mol. The fraction of sp³-hybridized carbons (Fsp3) is 0.318. The number of hydrogen-bond acceptors (Lipinski definition) is 5. The highest BCUT2D eigenvalue weighted by Crippen LogP contribution is 2.22. The van der Waals surface area contributed by atoms with Crippen LogP contribution in [0.15, 0.2) is 60.0 Å². The average Bonchev–Trinajstić information content (AvgIpc) is 3.27. The van der Waals surface area contributed by atoms with Crippen molar-refractivity contribution in [2.24, 2.45) is 0 Å². The van der Waals surface area contributed by atoms with Gasteiger partial charge in [0.1, 0.15) is 6.33 Å². The molecule has 0 unspecified atom stereocenters. The number of amides is 1. The molecule has 4 rings (SSSR count). The van der Waals surface area contributed by atoms with Gasteiger partial charge in [0, 0.05) is 23.5 Å². The van der Waals surface area contributed by atoms with Crippen LogP contribution in [-0.4, -0.2) is 39.1 Å². The Labute approximate surface area is 175 Å². The van der Waals surface area contributed by atoms with Crippen molar-refractivity contribution in [3.05, 3.63) is 71.5 Å². The van der Waals surface area contributed by atoms with Crippen molar-refractivity contribution in [2.45, 2.75) is 36.7 Å². The molecule has 0 saturated carbocycles. The smallest absolute Gasteiger partial charge is 0.255 e. The predicted molar refractivity (Wildman–Crippen MR) is 116 cm³/mol. The lowest BCUT2D eigenvalue weighted by Gasteiger charge is -2.26. The minimum atomic E-state index is -0.0890. The first-order valence-electron chi connectivity index (χ1n) is 9.97. The summed E-state index contributed by atoms with van der Waals surface area (Å²) in [4.78, 5) is 19.5. The maximum Gasteiger partial charge on any atom is 0.255 e. The molecule has 2 N–H and O–H groups in total. The van der Waals surface area contributed by atoms with E-state index in [-0.39, 0.29) is 5.91 Å². The fourth-order valence-corrected chi connectivity index (χ4v) is 4.38. The van der Waals surface area contributed by atoms with Crippen molar-refractivity contribution in [3.8, 4) is 0 Å². The van der Waals surface area contributed by atoms with E-state index in [1.54, 1.807) is 0 Å². The van der Waals surface area contributed by atoms with E-state index >= 15 is 0 Å². The van der Waals surface area contributed by atoms with Crippen LogP contribution in [0.2, 0.25) is 0 Å². The number of benzene rings is 2. The second-order valence-corrected chi connectivity index (χ2v) is 8.19. The Bertz CT molecular complexity index is 938. The Morgan fingerprint density at radius 2 is 1.97 bits per heavy atom. The van der Waals surface area contributed by atoms with Gasteiger partial charge in [0.15, 0.2) is 5.16 Å². The number of nitrogens with zero attached hydrogens (tertiary/aromatic N) is 3. The van der Waals surface area contributed by atoms with Gasteiger partial charge in [-0.05, 0) is 55.3 Å². The molecule has 7 heteroatoms. The van der Waals surface area contributed by atoms with E-state index in [9.17, 15) is 4.79 Å². The molecule has 1 aliphatic rings. The number of likely N-dealkylation sites (tertiary alicyclic amines) is 1. The van der Waals surface area contributed by atoms with E-state index in [0.717, 1.165) is 36.0 Å². The molecule has 2 aromatic carbocycles. The van der Waals surface area contributed by atoms with Gasteiger partial charge in [-0.1, -0.05) is 48.5 Å². The molecule has 6 nitrogen and oxygen atoms in total. The summed E-state index contributed by atoms with van der Waals surface area (Å²) in [5.74, 6) is 0.558. The first-order chi connectivity index (χ1) is 14.3. The Morgan fingerprint density at radius 3 is 2.79 bits per heavy atom. The van der Waals surface area contributed by atoms with E-state index in [4.69, 9.17) is 0 Å². The Morgan fingerprint density at radius 1 is 1.10 bits per heavy atom. The van der Waals surface area contributed by atoms with E-state index in [0.29, 0.717) is 11.3 Å². The third kappa shape index (κ3) is 5.46. The van der Waals surface area contributed by atoms with Gasteiger partial charge in [-0.25, -0.2) is 4.98 Å². The van der Waals surface area contributed by atoms with Gasteiger partial charge < -0.3 is 5.32 Å². The minimum Gasteiger partial charge on any atom is -0.322 e. The third-order valence-electron chi connectivity index (χ3n) is 5.06. The molecule has 0 spiro atoms. The maximum atomic E-state index is 12.9. The normalized spacial score (nSPS) is 14.6. The number of aromatic amines is 1. The van der Waals surface area contributed by atoms with Gasteiger partial charge in [-0.3, -0.25) is 14.8 Å². The molecule has 0 atom stereocenters. The molecule has 0 radical (unpaired) electrons. The fourth-order valence-electron chi connectivity index (χ4n) is 3.60. The van der Waals surface area contributed by atoms with Crippen LogP contribution in [0.3, 0.4) is 0 Å². The van der Waals surface area contributed by atoms with Crippen LogP contribution < -0.4 is 5.32 Å². The molecule has 1 amide bonds. The molecule has 1 saturated heterocycles. The van der Waals surface area contributed by atoms with E-state index < -0.39 is 0 Å². The summed E-state index contributed by atoms with van der Waals surface area (Å²) < 4.78 is 0. The van der Waals surface area contributed by atoms with Crippen molar-refractivity contribution in [2.75, 3.05) is 18.4 Å². The molecule has 3 aromatic rings. The van der Waals surface area contributed by atoms with E-state index in [2.05, 4.69) is 37.5 Å². The van der Waals surface area contributed by atoms with E-state index in [1.165, 1.54) is 42.9 Å². The van der Waals surface area contributed by atoms with Crippen LogP contribution >= 0.6 is 11.8 Å². The second kappa shape index (κ2) is 9.71. The van der Waals surface area contributed by atoms with Crippen LogP contribution in [0, 0.1) is 0 Å². The van der Waals surface area contributed by atoms with Crippen molar-refractivity contribution in [1.29, 1.82) is 0 Å². The summed E-state index contributed by atoms with van der Waals surface area (Å²) in [6, 6.07) is 15.9. The Kier molecular flexibility index (Phi) is 6.59. The molecular formula is C22H25N5OS. The lowest BCUT2D eigenvalue weighted by molar-refractivity contribution is 0.102. The van der Waals surface area contributed by atoms with Crippen LogP contribution in [0.1, 0.15) is 40.7 Å². The number of nitrogens with one attached hydrogen (secondary N) is 2. The van der Waals surface area contributed by atoms with E-state index in [1.807, 2.05) is 36.4 Å². The van der Waals surface area contributed by atoms with Crippen molar-refractivity contribution in [1.82, 2.24) is 20.1 Å². The van der Waals surface area contributed by atoms with Gasteiger partial charge in [0.25, 0.3) is 5.91 Å². The summed E-state index contributed by atoms with van der Waals surface area (Å²) >= 11 is 1.53. The van der Waals surface area contributed by atoms with Gasteiger partial charge >= 0.3 is 0 Å². The third-order valence-corrected chi connectivity index (χ3v) is 5.98. The minimum absolute atomic E-state index is 0.0890. The molecule has 1 fully saturated rings. The topological polar surface area (TPSA) is 73.9 Å². The van der Waals surface area contributed by atoms with Gasteiger partial charge in [-0.2, -0.15) is 5.10 Å². The Balaban J connectivity index is 1.42. The largest absolute Gasteiger partial charge is 0.322 e. The van der Waals surface area contributed by atoms with Crippen molar-refractivity contribution in [3.63, 3.8) is 0 Å². The zero-order chi connectivity index (χ0) is 19.9. The molecule has 29 heavy (non-hydrogen) atoms. The van der Waals surface area contributed by atoms with Crippen molar-refractivity contribution < 1.29 is 4.79 Å². The number of carbonyl (C=O) groups is 1. The van der Waals surface area contributed by atoms with Crippen LogP contribution in [0.25, 0.3) is 0 Å². The van der Waals surface area contributed by atoms with Gasteiger partial charge in [-0.15, -0.1) is 0 Å². The lowest BCUT2D eigenvalue weighted by atomic mass is 10.1. The molecule has 2 heterocycles. The van der Waals surface area contributed by atoms with Crippen LogP contribution in [0.4, 0.5) is 5.69 Å². The number of carbonyl (C=O) groups excluding carboxylic acids is 1. The number of aromatic nitrogens is 3. The summed E-state index contributed by atoms with van der Waals surface area (Å²) in [6.45, 7) is 3.26. The highest BCUT2D eigenvalue weighted by atomic mass is 32.2. The van der Waals surface area contributed by atoms with Crippen LogP contribution in [-0.2, 0) is 12.3 Å². The molecule has 1 aliphatic heterocycles. The van der Waals surface area contributed by atoms with Gasteiger partial charge in [0.05, 0.1) is 0 Å². The summed E-state index contributed by atoms with van der Waals surface area (Å²) in [7, 11) is 0. The highest BCUT2D eigenvalue weighted by Gasteiger charge is 2.14. The first-order valence-corrected chi connectivity index (χ1v) is 11.0. The lowest BCUT2D eigenvalue weighted by Crippen LogP contribution is -2.29. The number of piperidine rings is 1. The van der Waals surface area contributed by atoms with Crippen LogP contribution in [0.5, 0.6) is 0 Å². The maximum absolute atomic E-state index is 12.9. The zero-order valence-corrected chi connectivity index (χ0v) is 17.1. The Hall–Kier alpha value is -2.64. The molecule has 0 bridgehead atoms. The summed E-state index contributed by atoms with van der Waals surface area (Å²) in [6.07, 6.45) is 5.37. The number of H-pyrrole nitrogens is 1. The summed E-state index contributed by atoms with van der Waals surface area (Å²) in [5, 5.41) is 10.5. The van der Waals surface area contributed by atoms with Crippen molar-refractivity contribution >= 4 is 23.4 Å². The summed E-state index contributed by atoms with van der Waals surface area (Å²) in [5.41, 5.74) is 3.72. The predicted octanol–water partition coefficient (Wildman–Crippen LogP) is 4.34. The quantitative estimate of drug-likeness (QED) is 0.570. The number of thioether (sulfide) groups is 1. The second-order valence-electron chi connectivity index (χ2n) is 7.23. The SMILES string of the molecule is O=C(Nc1cccc(CN2CCCCC2)c1)c1ccccc1CSc1ncn[nH]1. The number of rotatable bonds is 7. The molecule has 1 aromatic heterocycles. The number of anilines is 1. The average molecular weight is 408 g/mol. The molecule has 0 aliphatic carbocycles. The molecular weight excluding hydrogens is 382 g/mol. The standard InChI is InChI=1S/C22H25N5OS/c28-21(20-10-3-2-8-18(20)15-29-22-23-16-24-26-22)25-19-9-6-7-17(13-19)14-27-11-4-1-5-12-27/h2-3,6-10,13,16H,1,4-5,11-12,14-15H2,(H,25,28)(H,23,24,26). The highest BCUT2D eigenvalue weighted by molar-refractivity contribution is 7.98. The number of hydrogen-bond donors (Lipinski definition) is 2.